The summed E-state index contributed by atoms with van der Waals surface area (Å²) in [6.45, 7) is 3.59. The molecule has 0 aromatic heterocycles. The SMILES string of the molecule is O=C(CCNS(=O)(=O)c1ccc(F)c(F)c1)N1CCC(N2CCCC2)CC1. The number of hydrogen-bond acceptors (Lipinski definition) is 4. The van der Waals surface area contributed by atoms with Gasteiger partial charge in [0.25, 0.3) is 0 Å². The fraction of sp³-hybridized carbons (Fsp3) is 0.611. The third kappa shape index (κ3) is 5.03. The van der Waals surface area contributed by atoms with Crippen LogP contribution in [-0.2, 0) is 14.8 Å². The molecule has 1 N–H and O–H groups in total. The molecule has 0 aliphatic carbocycles. The van der Waals surface area contributed by atoms with Gasteiger partial charge in [-0.2, -0.15) is 0 Å². The summed E-state index contributed by atoms with van der Waals surface area (Å²) >= 11 is 0. The molecule has 3 rings (SSSR count). The molecule has 0 atom stereocenters. The van der Waals surface area contributed by atoms with Crippen LogP contribution < -0.4 is 4.72 Å². The summed E-state index contributed by atoms with van der Waals surface area (Å²) < 4.78 is 52.6. The number of amides is 1. The van der Waals surface area contributed by atoms with E-state index >= 15 is 0 Å². The van der Waals surface area contributed by atoms with Gasteiger partial charge in [0.1, 0.15) is 0 Å². The van der Waals surface area contributed by atoms with Crippen molar-refractivity contribution in [1.82, 2.24) is 14.5 Å². The Morgan fingerprint density at radius 2 is 1.74 bits per heavy atom. The molecule has 9 heteroatoms. The van der Waals surface area contributed by atoms with Crippen LogP contribution in [0.1, 0.15) is 32.1 Å². The minimum atomic E-state index is -3.98. The number of nitrogens with zero attached hydrogens (tertiary/aromatic N) is 2. The van der Waals surface area contributed by atoms with Crippen molar-refractivity contribution in [1.29, 1.82) is 0 Å². The highest BCUT2D eigenvalue weighted by molar-refractivity contribution is 7.89. The summed E-state index contributed by atoms with van der Waals surface area (Å²) in [6.07, 6.45) is 4.43. The van der Waals surface area contributed by atoms with E-state index in [1.807, 2.05) is 0 Å². The summed E-state index contributed by atoms with van der Waals surface area (Å²) in [5.74, 6) is -2.43. The number of carbonyl (C=O) groups is 1. The highest BCUT2D eigenvalue weighted by Gasteiger charge is 2.28. The molecule has 2 fully saturated rings. The summed E-state index contributed by atoms with van der Waals surface area (Å²) in [5, 5.41) is 0. The van der Waals surface area contributed by atoms with E-state index in [0.29, 0.717) is 25.2 Å². The van der Waals surface area contributed by atoms with Gasteiger partial charge in [0.05, 0.1) is 4.90 Å². The van der Waals surface area contributed by atoms with Gasteiger partial charge in [-0.25, -0.2) is 21.9 Å². The number of rotatable bonds is 6. The molecule has 1 aromatic carbocycles. The molecule has 0 bridgehead atoms. The Kier molecular flexibility index (Phi) is 6.44. The summed E-state index contributed by atoms with van der Waals surface area (Å²) in [7, 11) is -3.98. The lowest BCUT2D eigenvalue weighted by molar-refractivity contribution is -0.132. The normalized spacial score (nSPS) is 19.6. The molecule has 2 aliphatic rings. The number of likely N-dealkylation sites (tertiary alicyclic amines) is 2. The largest absolute Gasteiger partial charge is 0.343 e. The highest BCUT2D eigenvalue weighted by atomic mass is 32.2. The molecule has 2 saturated heterocycles. The maximum absolute atomic E-state index is 13.2. The van der Waals surface area contributed by atoms with Crippen LogP contribution in [0.3, 0.4) is 0 Å². The number of benzene rings is 1. The third-order valence-corrected chi connectivity index (χ3v) is 6.77. The lowest BCUT2D eigenvalue weighted by Gasteiger charge is -2.36. The molecular weight excluding hydrogens is 376 g/mol. The number of sulfonamides is 1. The van der Waals surface area contributed by atoms with Gasteiger partial charge in [-0.15, -0.1) is 0 Å². The predicted molar refractivity (Wildman–Crippen MR) is 96.6 cm³/mol. The van der Waals surface area contributed by atoms with E-state index in [0.717, 1.165) is 38.1 Å². The standard InChI is InChI=1S/C18H25F2N3O3S/c19-16-4-3-15(13-17(16)20)27(25,26)21-8-5-18(24)23-11-6-14(7-12-23)22-9-1-2-10-22/h3-4,13-14,21H,1-2,5-12H2. The van der Waals surface area contributed by atoms with E-state index in [1.165, 1.54) is 12.8 Å². The average molecular weight is 401 g/mol. The second-order valence-corrected chi connectivity index (χ2v) is 8.85. The smallest absolute Gasteiger partial charge is 0.240 e. The van der Waals surface area contributed by atoms with Gasteiger partial charge >= 0.3 is 0 Å². The minimum absolute atomic E-state index is 0.0390. The molecule has 6 nitrogen and oxygen atoms in total. The van der Waals surface area contributed by atoms with Crippen LogP contribution in [0.25, 0.3) is 0 Å². The van der Waals surface area contributed by atoms with Crippen LogP contribution in [0.5, 0.6) is 0 Å². The maximum atomic E-state index is 13.2. The Morgan fingerprint density at radius 1 is 1.07 bits per heavy atom. The number of halogens is 2. The molecule has 0 saturated carbocycles. The van der Waals surface area contributed by atoms with E-state index in [4.69, 9.17) is 0 Å². The van der Waals surface area contributed by atoms with Crippen molar-refractivity contribution in [3.63, 3.8) is 0 Å². The third-order valence-electron chi connectivity index (χ3n) is 5.31. The number of carbonyl (C=O) groups excluding carboxylic acids is 1. The number of hydrogen-bond donors (Lipinski definition) is 1. The lowest BCUT2D eigenvalue weighted by Crippen LogP contribution is -2.46. The Morgan fingerprint density at radius 3 is 2.37 bits per heavy atom. The zero-order valence-corrected chi connectivity index (χ0v) is 16.0. The van der Waals surface area contributed by atoms with E-state index < -0.39 is 21.7 Å². The molecule has 0 spiro atoms. The van der Waals surface area contributed by atoms with Crippen LogP contribution in [-0.4, -0.2) is 62.9 Å². The van der Waals surface area contributed by atoms with Crippen LogP contribution in [0, 0.1) is 11.6 Å². The number of nitrogens with one attached hydrogen (secondary N) is 1. The second kappa shape index (κ2) is 8.62. The Labute approximate surface area is 158 Å². The first-order valence-corrected chi connectivity index (χ1v) is 10.8. The first-order valence-electron chi connectivity index (χ1n) is 9.33. The van der Waals surface area contributed by atoms with Crippen molar-refractivity contribution in [2.75, 3.05) is 32.7 Å². The zero-order valence-electron chi connectivity index (χ0n) is 15.2. The van der Waals surface area contributed by atoms with Crippen molar-refractivity contribution in [2.45, 2.75) is 43.0 Å². The summed E-state index contributed by atoms with van der Waals surface area (Å²) in [6, 6.07) is 2.93. The van der Waals surface area contributed by atoms with Crippen molar-refractivity contribution in [3.8, 4) is 0 Å². The Bertz CT molecular complexity index is 774. The summed E-state index contributed by atoms with van der Waals surface area (Å²) in [4.78, 5) is 16.2. The second-order valence-electron chi connectivity index (χ2n) is 7.08. The van der Waals surface area contributed by atoms with Crippen molar-refractivity contribution < 1.29 is 22.0 Å². The Hall–Kier alpha value is -1.58. The molecule has 0 radical (unpaired) electrons. The zero-order chi connectivity index (χ0) is 19.4. The Balaban J connectivity index is 1.44. The van der Waals surface area contributed by atoms with Gasteiger partial charge in [-0.05, 0) is 57.0 Å². The monoisotopic (exact) mass is 401 g/mol. The molecule has 1 amide bonds. The first kappa shape index (κ1) is 20.2. The average Bonchev–Trinajstić information content (AvgIpc) is 3.18. The predicted octanol–water partition coefficient (Wildman–Crippen LogP) is 1.72. The highest BCUT2D eigenvalue weighted by Crippen LogP contribution is 2.21. The van der Waals surface area contributed by atoms with Gasteiger partial charge in [-0.3, -0.25) is 4.79 Å². The van der Waals surface area contributed by atoms with Crippen molar-refractivity contribution >= 4 is 15.9 Å². The van der Waals surface area contributed by atoms with Gasteiger partial charge in [-0.1, -0.05) is 0 Å². The van der Waals surface area contributed by atoms with Crippen molar-refractivity contribution in [3.05, 3.63) is 29.8 Å². The first-order chi connectivity index (χ1) is 12.9. The van der Waals surface area contributed by atoms with E-state index in [1.54, 1.807) is 4.90 Å². The molecule has 27 heavy (non-hydrogen) atoms. The molecule has 2 aliphatic heterocycles. The summed E-state index contributed by atoms with van der Waals surface area (Å²) in [5.41, 5.74) is 0. The van der Waals surface area contributed by atoms with Crippen LogP contribution >= 0.6 is 0 Å². The molecule has 0 unspecified atom stereocenters. The van der Waals surface area contributed by atoms with E-state index in [-0.39, 0.29) is 23.8 Å². The fourth-order valence-electron chi connectivity index (χ4n) is 3.76. The van der Waals surface area contributed by atoms with E-state index in [2.05, 4.69) is 9.62 Å². The van der Waals surface area contributed by atoms with Crippen LogP contribution in [0.4, 0.5) is 8.78 Å². The molecule has 150 valence electrons. The van der Waals surface area contributed by atoms with Gasteiger partial charge in [0, 0.05) is 32.1 Å². The van der Waals surface area contributed by atoms with Crippen LogP contribution in [0.2, 0.25) is 0 Å². The molecule has 2 heterocycles. The van der Waals surface area contributed by atoms with Gasteiger partial charge in [0.15, 0.2) is 11.6 Å². The van der Waals surface area contributed by atoms with Crippen molar-refractivity contribution in [2.24, 2.45) is 0 Å². The van der Waals surface area contributed by atoms with Gasteiger partial charge < -0.3 is 9.80 Å². The quantitative estimate of drug-likeness (QED) is 0.788. The van der Waals surface area contributed by atoms with Gasteiger partial charge in [0.2, 0.25) is 15.9 Å². The topological polar surface area (TPSA) is 69.7 Å². The maximum Gasteiger partial charge on any atom is 0.240 e. The minimum Gasteiger partial charge on any atom is -0.343 e. The molecule has 1 aromatic rings. The van der Waals surface area contributed by atoms with E-state index in [9.17, 15) is 22.0 Å². The fourth-order valence-corrected chi connectivity index (χ4v) is 4.81. The van der Waals surface area contributed by atoms with Crippen LogP contribution in [0.15, 0.2) is 23.1 Å². The number of piperidine rings is 1. The lowest BCUT2D eigenvalue weighted by atomic mass is 10.0. The molecular formula is C18H25F2N3O3S.